The number of fused-ring (bicyclic) bond motifs is 4. The molecule has 4 aromatic carbocycles. The Kier molecular flexibility index (Phi) is 7.84. The normalized spacial score (nSPS) is 12.3. The molecule has 0 atom stereocenters. The predicted octanol–water partition coefficient (Wildman–Crippen LogP) is 10.9. The molecule has 44 heavy (non-hydrogen) atoms. The molecule has 5 heteroatoms. The molecule has 224 valence electrons. The molecule has 0 radical (unpaired) electrons. The molecule has 0 bridgehead atoms. The maximum atomic E-state index is 15.4. The lowest BCUT2D eigenvalue weighted by Gasteiger charge is -2.23. The third kappa shape index (κ3) is 4.72. The number of hydrogen-bond donors (Lipinski definition) is 0. The van der Waals surface area contributed by atoms with E-state index < -0.39 is 0 Å². The molecule has 3 nitrogen and oxygen atoms in total. The van der Waals surface area contributed by atoms with Crippen LogP contribution in [-0.4, -0.2) is 5.78 Å². The van der Waals surface area contributed by atoms with Crippen LogP contribution in [0.5, 0.6) is 0 Å². The second kappa shape index (κ2) is 11.4. The maximum Gasteiger partial charge on any atom is 0.196 e. The highest BCUT2D eigenvalue weighted by Gasteiger charge is 2.30. The summed E-state index contributed by atoms with van der Waals surface area (Å²) in [5.74, 6) is 0.0817. The molecule has 6 rings (SSSR count). The van der Waals surface area contributed by atoms with Gasteiger partial charge in [0.05, 0.1) is 10.8 Å². The third-order valence-corrected chi connectivity index (χ3v) is 11.2. The molecule has 0 spiro atoms. The van der Waals surface area contributed by atoms with Crippen molar-refractivity contribution in [2.75, 3.05) is 0 Å². The summed E-state index contributed by atoms with van der Waals surface area (Å²) in [7, 11) is 0. The van der Waals surface area contributed by atoms with Crippen LogP contribution >= 0.6 is 22.7 Å². The monoisotopic (exact) mass is 618 g/mol. The van der Waals surface area contributed by atoms with Crippen LogP contribution in [0.15, 0.2) is 70.3 Å². The molecule has 0 fully saturated rings. The lowest BCUT2D eigenvalue weighted by atomic mass is 9.81. The molecule has 0 unspecified atom stereocenters. The Morgan fingerprint density at radius 1 is 0.523 bits per heavy atom. The van der Waals surface area contributed by atoms with Gasteiger partial charge in [-0.3, -0.25) is 14.4 Å². The van der Waals surface area contributed by atoms with Gasteiger partial charge < -0.3 is 0 Å². The zero-order valence-electron chi connectivity index (χ0n) is 26.6. The van der Waals surface area contributed by atoms with Crippen LogP contribution in [0, 0.1) is 0 Å². The third-order valence-electron chi connectivity index (χ3n) is 8.76. The van der Waals surface area contributed by atoms with Crippen molar-refractivity contribution in [3.63, 3.8) is 0 Å². The fraction of sp³-hybridized carbons (Fsp3) is 0.308. The van der Waals surface area contributed by atoms with Gasteiger partial charge in [0.1, 0.15) is 0 Å². The Hall–Kier alpha value is -3.67. The summed E-state index contributed by atoms with van der Waals surface area (Å²) < 4.78 is 3.54. The van der Waals surface area contributed by atoms with Crippen LogP contribution in [0.25, 0.3) is 40.3 Å². The lowest BCUT2D eigenvalue weighted by Crippen LogP contribution is -2.19. The summed E-state index contributed by atoms with van der Waals surface area (Å²) in [6.07, 6.45) is 0. The van der Waals surface area contributed by atoms with E-state index >= 15 is 4.79 Å². The molecule has 6 aromatic rings. The average Bonchev–Trinajstić information content (AvgIpc) is 2.99. The first-order valence-electron chi connectivity index (χ1n) is 15.5. The van der Waals surface area contributed by atoms with E-state index in [9.17, 15) is 9.59 Å². The first-order valence-corrected chi connectivity index (χ1v) is 17.1. The highest BCUT2D eigenvalue weighted by Crippen LogP contribution is 2.42. The van der Waals surface area contributed by atoms with E-state index in [2.05, 4.69) is 67.5 Å². The predicted molar refractivity (Wildman–Crippen MR) is 191 cm³/mol. The van der Waals surface area contributed by atoms with Gasteiger partial charge in [-0.05, 0) is 70.2 Å². The Balaban J connectivity index is 1.86. The van der Waals surface area contributed by atoms with Crippen molar-refractivity contribution in [1.29, 1.82) is 0 Å². The van der Waals surface area contributed by atoms with Crippen LogP contribution in [-0.2, 0) is 0 Å². The molecule has 0 N–H and O–H groups in total. The highest BCUT2D eigenvalue weighted by molar-refractivity contribution is 7.25. The summed E-state index contributed by atoms with van der Waals surface area (Å²) in [6.45, 7) is 16.9. The largest absolute Gasteiger partial charge is 0.289 e. The molecular formula is C39H38O3S2. The number of carbonyl (C=O) groups excluding carboxylic acids is 1. The average molecular weight is 619 g/mol. The number of carbonyl (C=O) groups is 1. The summed E-state index contributed by atoms with van der Waals surface area (Å²) in [4.78, 5) is 44.3. The maximum absolute atomic E-state index is 15.4. The van der Waals surface area contributed by atoms with Crippen LogP contribution in [0.1, 0.15) is 117 Å². The Bertz CT molecular complexity index is 2090. The van der Waals surface area contributed by atoms with E-state index in [4.69, 9.17) is 0 Å². The van der Waals surface area contributed by atoms with Crippen LogP contribution in [0.2, 0.25) is 0 Å². The van der Waals surface area contributed by atoms with Crippen molar-refractivity contribution in [1.82, 2.24) is 0 Å². The SMILES string of the molecule is CC(C)c1cc(C(C)C)c2sc3ccccc3c(=O)c2c1C(=O)c1c(C(C)C)cc(C(C)C)c2sc3ccccc3c(=O)c12. The van der Waals surface area contributed by atoms with Crippen molar-refractivity contribution >= 4 is 68.8 Å². The van der Waals surface area contributed by atoms with Crippen molar-refractivity contribution in [3.8, 4) is 0 Å². The minimum absolute atomic E-state index is 0.00853. The van der Waals surface area contributed by atoms with Gasteiger partial charge in [-0.2, -0.15) is 0 Å². The van der Waals surface area contributed by atoms with Crippen LogP contribution < -0.4 is 10.9 Å². The first-order chi connectivity index (χ1) is 20.9. The second-order valence-electron chi connectivity index (χ2n) is 13.1. The van der Waals surface area contributed by atoms with Gasteiger partial charge in [0.15, 0.2) is 16.6 Å². The summed E-state index contributed by atoms with van der Waals surface area (Å²) in [6, 6.07) is 19.6. The van der Waals surface area contributed by atoms with Gasteiger partial charge in [0.2, 0.25) is 0 Å². The minimum Gasteiger partial charge on any atom is -0.289 e. The fourth-order valence-electron chi connectivity index (χ4n) is 6.43. The summed E-state index contributed by atoms with van der Waals surface area (Å²) in [5.41, 5.74) is 4.54. The standard InChI is InChI=1S/C39H38O3S2/c1-19(2)25-17-27(21(5)6)38-33(35(40)23-13-9-11-15-29(23)43-38)31(25)37(42)32-26(20(3)4)18-28(22(7)8)39-34(32)36(41)24-14-10-12-16-30(24)44-39/h9-22H,1-8H3. The second-order valence-corrected chi connectivity index (χ2v) is 15.2. The minimum atomic E-state index is -0.225. The van der Waals surface area contributed by atoms with Gasteiger partial charge in [-0.15, -0.1) is 22.7 Å². The van der Waals surface area contributed by atoms with Gasteiger partial charge in [0, 0.05) is 40.7 Å². The van der Waals surface area contributed by atoms with Crippen molar-refractivity contribution in [3.05, 3.63) is 114 Å². The van der Waals surface area contributed by atoms with Crippen LogP contribution in [0.3, 0.4) is 0 Å². The molecule has 0 aliphatic rings. The van der Waals surface area contributed by atoms with Crippen molar-refractivity contribution < 1.29 is 4.79 Å². The Morgan fingerprint density at radius 3 is 1.20 bits per heavy atom. The van der Waals surface area contributed by atoms with Gasteiger partial charge in [0.25, 0.3) is 0 Å². The molecular weight excluding hydrogens is 581 g/mol. The molecule has 2 aromatic heterocycles. The molecule has 2 heterocycles. The lowest BCUT2D eigenvalue weighted by molar-refractivity contribution is 0.103. The summed E-state index contributed by atoms with van der Waals surface area (Å²) in [5, 5.41) is 2.22. The van der Waals surface area contributed by atoms with E-state index in [1.165, 1.54) is 0 Å². The number of ketones is 1. The Labute approximate surface area is 266 Å². The number of rotatable bonds is 6. The first kappa shape index (κ1) is 30.4. The van der Waals surface area contributed by atoms with E-state index in [0.29, 0.717) is 32.7 Å². The van der Waals surface area contributed by atoms with Crippen molar-refractivity contribution in [2.24, 2.45) is 0 Å². The topological polar surface area (TPSA) is 51.2 Å². The van der Waals surface area contributed by atoms with E-state index in [0.717, 1.165) is 41.1 Å². The summed E-state index contributed by atoms with van der Waals surface area (Å²) >= 11 is 3.16. The van der Waals surface area contributed by atoms with E-state index in [1.54, 1.807) is 22.7 Å². The number of hydrogen-bond acceptors (Lipinski definition) is 5. The molecule has 0 amide bonds. The number of benzene rings is 4. The van der Waals surface area contributed by atoms with E-state index in [1.807, 2.05) is 48.5 Å². The zero-order valence-corrected chi connectivity index (χ0v) is 28.3. The molecule has 0 aliphatic carbocycles. The molecule has 0 saturated heterocycles. The fourth-order valence-corrected chi connectivity index (χ4v) is 9.12. The van der Waals surface area contributed by atoms with E-state index in [-0.39, 0.29) is 40.3 Å². The molecule has 0 aliphatic heterocycles. The van der Waals surface area contributed by atoms with Gasteiger partial charge >= 0.3 is 0 Å². The van der Waals surface area contributed by atoms with Gasteiger partial charge in [-0.25, -0.2) is 0 Å². The zero-order chi connectivity index (χ0) is 31.6. The Morgan fingerprint density at radius 2 is 0.864 bits per heavy atom. The van der Waals surface area contributed by atoms with Gasteiger partial charge in [-0.1, -0.05) is 91.8 Å². The highest BCUT2D eigenvalue weighted by atomic mass is 32.1. The quantitative estimate of drug-likeness (QED) is 0.138. The van der Waals surface area contributed by atoms with Crippen molar-refractivity contribution in [2.45, 2.75) is 79.1 Å². The van der Waals surface area contributed by atoms with Crippen LogP contribution in [0.4, 0.5) is 0 Å². The smallest absolute Gasteiger partial charge is 0.196 e. The molecule has 0 saturated carbocycles.